The SMILES string of the molecule is CC(O)CC1CCN(C(C)c2ccc(-c3ccc(F)cc3)cc2)C(=O)O1.c1ccccc1. The molecule has 3 aromatic rings. The van der Waals surface area contributed by atoms with Crippen LogP contribution in [0.25, 0.3) is 11.1 Å². The Bertz CT molecular complexity index is 932. The smallest absolute Gasteiger partial charge is 0.410 e. The highest BCUT2D eigenvalue weighted by atomic mass is 19.1. The van der Waals surface area contributed by atoms with Crippen molar-refractivity contribution in [2.24, 2.45) is 0 Å². The summed E-state index contributed by atoms with van der Waals surface area (Å²) in [4.78, 5) is 14.0. The molecule has 1 aliphatic heterocycles. The number of cyclic esters (lactones) is 1. The molecule has 1 N–H and O–H groups in total. The summed E-state index contributed by atoms with van der Waals surface area (Å²) in [6.07, 6.45) is 0.161. The molecular formula is C27H30FNO3. The zero-order chi connectivity index (χ0) is 22.9. The van der Waals surface area contributed by atoms with Crippen LogP contribution in [-0.4, -0.2) is 34.9 Å². The fourth-order valence-corrected chi connectivity index (χ4v) is 3.70. The molecule has 4 nitrogen and oxygen atoms in total. The average molecular weight is 436 g/mol. The molecule has 3 atom stereocenters. The van der Waals surface area contributed by atoms with E-state index in [9.17, 15) is 14.3 Å². The van der Waals surface area contributed by atoms with Crippen molar-refractivity contribution in [3.05, 3.63) is 96.3 Å². The Kier molecular flexibility index (Phi) is 8.40. The lowest BCUT2D eigenvalue weighted by Gasteiger charge is -2.36. The summed E-state index contributed by atoms with van der Waals surface area (Å²) in [5.41, 5.74) is 2.96. The number of hydrogen-bond donors (Lipinski definition) is 1. The molecule has 0 radical (unpaired) electrons. The number of halogens is 1. The van der Waals surface area contributed by atoms with E-state index >= 15 is 0 Å². The van der Waals surface area contributed by atoms with Gasteiger partial charge in [-0.3, -0.25) is 0 Å². The van der Waals surface area contributed by atoms with E-state index in [4.69, 9.17) is 4.74 Å². The number of aliphatic hydroxyl groups is 1. The van der Waals surface area contributed by atoms with Crippen LogP contribution in [0, 0.1) is 5.82 Å². The van der Waals surface area contributed by atoms with Crippen molar-refractivity contribution in [1.29, 1.82) is 0 Å². The lowest BCUT2D eigenvalue weighted by Crippen LogP contribution is -2.43. The van der Waals surface area contributed by atoms with E-state index in [0.717, 1.165) is 16.7 Å². The summed E-state index contributed by atoms with van der Waals surface area (Å²) in [5, 5.41) is 9.45. The van der Waals surface area contributed by atoms with Crippen LogP contribution in [0.3, 0.4) is 0 Å². The highest BCUT2D eigenvalue weighted by molar-refractivity contribution is 5.69. The van der Waals surface area contributed by atoms with Crippen LogP contribution in [0.4, 0.5) is 9.18 Å². The van der Waals surface area contributed by atoms with Crippen molar-refractivity contribution in [3.8, 4) is 11.1 Å². The molecular weight excluding hydrogens is 405 g/mol. The lowest BCUT2D eigenvalue weighted by molar-refractivity contribution is -0.00588. The van der Waals surface area contributed by atoms with E-state index in [1.807, 2.05) is 67.6 Å². The van der Waals surface area contributed by atoms with Crippen LogP contribution in [0.15, 0.2) is 84.9 Å². The third-order valence-electron chi connectivity index (χ3n) is 5.50. The Balaban J connectivity index is 0.000000416. The van der Waals surface area contributed by atoms with Crippen molar-refractivity contribution < 1.29 is 19.0 Å². The molecule has 1 aliphatic rings. The number of hydrogen-bond acceptors (Lipinski definition) is 3. The standard InChI is InChI=1S/C21H24FNO3.C6H6/c1-14(24)13-20-11-12-23(21(25)26-20)15(2)16-3-5-17(6-4-16)18-7-9-19(22)10-8-18;1-2-4-6-5-3-1/h3-10,14-15,20,24H,11-13H2,1-2H3;1-6H. The first-order valence-electron chi connectivity index (χ1n) is 11.0. The van der Waals surface area contributed by atoms with Gasteiger partial charge in [-0.25, -0.2) is 9.18 Å². The summed E-state index contributed by atoms with van der Waals surface area (Å²) < 4.78 is 18.5. The predicted octanol–water partition coefficient (Wildman–Crippen LogP) is 6.22. The van der Waals surface area contributed by atoms with Crippen LogP contribution in [-0.2, 0) is 4.74 Å². The zero-order valence-corrected chi connectivity index (χ0v) is 18.5. The zero-order valence-electron chi connectivity index (χ0n) is 18.5. The van der Waals surface area contributed by atoms with Crippen molar-refractivity contribution >= 4 is 6.09 Å². The second-order valence-corrected chi connectivity index (χ2v) is 8.03. The van der Waals surface area contributed by atoms with E-state index in [0.29, 0.717) is 19.4 Å². The van der Waals surface area contributed by atoms with Crippen molar-refractivity contribution in [2.45, 2.75) is 44.9 Å². The monoisotopic (exact) mass is 435 g/mol. The van der Waals surface area contributed by atoms with Crippen molar-refractivity contribution in [1.82, 2.24) is 4.90 Å². The molecule has 1 saturated heterocycles. The third-order valence-corrected chi connectivity index (χ3v) is 5.50. The summed E-state index contributed by atoms with van der Waals surface area (Å²) in [6.45, 7) is 4.28. The first kappa shape index (κ1) is 23.5. The van der Waals surface area contributed by atoms with Gasteiger partial charge in [-0.1, -0.05) is 72.8 Å². The normalized spacial score (nSPS) is 17.6. The van der Waals surface area contributed by atoms with Crippen LogP contribution >= 0.6 is 0 Å². The largest absolute Gasteiger partial charge is 0.446 e. The second kappa shape index (κ2) is 11.4. The third kappa shape index (κ3) is 6.66. The van der Waals surface area contributed by atoms with Gasteiger partial charge in [0.15, 0.2) is 0 Å². The van der Waals surface area contributed by atoms with Crippen molar-refractivity contribution in [2.75, 3.05) is 6.54 Å². The molecule has 3 unspecified atom stereocenters. The lowest BCUT2D eigenvalue weighted by atomic mass is 10.00. The van der Waals surface area contributed by atoms with Gasteiger partial charge in [-0.15, -0.1) is 0 Å². The molecule has 3 aromatic carbocycles. The Morgan fingerprint density at radius 3 is 1.91 bits per heavy atom. The number of nitrogens with zero attached hydrogens (tertiary/aromatic N) is 1. The van der Waals surface area contributed by atoms with E-state index in [2.05, 4.69) is 0 Å². The Hall–Kier alpha value is -3.18. The topological polar surface area (TPSA) is 49.8 Å². The number of rotatable bonds is 5. The maximum Gasteiger partial charge on any atom is 0.410 e. The summed E-state index contributed by atoms with van der Waals surface area (Å²) >= 11 is 0. The fourth-order valence-electron chi connectivity index (χ4n) is 3.70. The van der Waals surface area contributed by atoms with Crippen LogP contribution in [0.5, 0.6) is 0 Å². The number of carbonyl (C=O) groups excluding carboxylic acids is 1. The summed E-state index contributed by atoms with van der Waals surface area (Å²) in [5.74, 6) is -0.253. The van der Waals surface area contributed by atoms with Gasteiger partial charge in [0.05, 0.1) is 12.1 Å². The van der Waals surface area contributed by atoms with E-state index in [-0.39, 0.29) is 24.1 Å². The number of benzene rings is 3. The van der Waals surface area contributed by atoms with Crippen LogP contribution < -0.4 is 0 Å². The van der Waals surface area contributed by atoms with E-state index in [1.165, 1.54) is 12.1 Å². The maximum atomic E-state index is 13.0. The summed E-state index contributed by atoms with van der Waals surface area (Å²) in [6, 6.07) is 26.2. The van der Waals surface area contributed by atoms with E-state index in [1.54, 1.807) is 24.0 Å². The highest BCUT2D eigenvalue weighted by Crippen LogP contribution is 2.28. The van der Waals surface area contributed by atoms with Gasteiger partial charge in [0, 0.05) is 19.4 Å². The molecule has 32 heavy (non-hydrogen) atoms. The highest BCUT2D eigenvalue weighted by Gasteiger charge is 2.31. The van der Waals surface area contributed by atoms with Gasteiger partial charge in [-0.2, -0.15) is 0 Å². The second-order valence-electron chi connectivity index (χ2n) is 8.03. The molecule has 0 bridgehead atoms. The minimum Gasteiger partial charge on any atom is -0.446 e. The van der Waals surface area contributed by atoms with Gasteiger partial charge >= 0.3 is 6.09 Å². The van der Waals surface area contributed by atoms with Gasteiger partial charge in [-0.05, 0) is 42.7 Å². The quantitative estimate of drug-likeness (QED) is 0.517. The first-order valence-corrected chi connectivity index (χ1v) is 11.0. The maximum absolute atomic E-state index is 13.0. The number of ether oxygens (including phenoxy) is 1. The minimum absolute atomic E-state index is 0.0998. The molecule has 1 fully saturated rings. The van der Waals surface area contributed by atoms with Crippen molar-refractivity contribution in [3.63, 3.8) is 0 Å². The number of amides is 1. The molecule has 0 aliphatic carbocycles. The van der Waals surface area contributed by atoms with Crippen LogP contribution in [0.2, 0.25) is 0 Å². The molecule has 1 amide bonds. The van der Waals surface area contributed by atoms with Gasteiger partial charge in [0.1, 0.15) is 11.9 Å². The van der Waals surface area contributed by atoms with E-state index < -0.39 is 6.10 Å². The minimum atomic E-state index is -0.476. The van der Waals surface area contributed by atoms with Crippen LogP contribution in [0.1, 0.15) is 38.3 Å². The molecule has 168 valence electrons. The average Bonchev–Trinajstić information content (AvgIpc) is 2.81. The summed E-state index contributed by atoms with van der Waals surface area (Å²) in [7, 11) is 0. The number of aliphatic hydroxyl groups excluding tert-OH is 1. The molecule has 0 aromatic heterocycles. The van der Waals surface area contributed by atoms with Gasteiger partial charge in [0.25, 0.3) is 0 Å². The Morgan fingerprint density at radius 1 is 0.938 bits per heavy atom. The fraction of sp³-hybridized carbons (Fsp3) is 0.296. The molecule has 0 saturated carbocycles. The first-order chi connectivity index (χ1) is 15.4. The van der Waals surface area contributed by atoms with Gasteiger partial charge in [0.2, 0.25) is 0 Å². The van der Waals surface area contributed by atoms with Gasteiger partial charge < -0.3 is 14.7 Å². The molecule has 1 heterocycles. The number of carbonyl (C=O) groups is 1. The Morgan fingerprint density at radius 2 is 1.44 bits per heavy atom. The Labute approximate surface area is 189 Å². The molecule has 4 rings (SSSR count). The molecule has 5 heteroatoms. The molecule has 0 spiro atoms. The predicted molar refractivity (Wildman–Crippen MR) is 125 cm³/mol.